The number of hydrazone groups is 1. The van der Waals surface area contributed by atoms with E-state index < -0.39 is 0 Å². The summed E-state index contributed by atoms with van der Waals surface area (Å²) in [5, 5.41) is 16.3. The van der Waals surface area contributed by atoms with E-state index in [1.54, 1.807) is 12.1 Å². The molecule has 120 valence electrons. The maximum atomic E-state index is 12.7. The Hall–Kier alpha value is -3.09. The van der Waals surface area contributed by atoms with Gasteiger partial charge in [0.1, 0.15) is 17.3 Å². The highest BCUT2D eigenvalue weighted by Gasteiger charge is 2.02. The summed E-state index contributed by atoms with van der Waals surface area (Å²) in [5.74, 6) is -0.141. The molecular formula is C16H16FN3O3. The zero-order valence-electron chi connectivity index (χ0n) is 12.4. The molecule has 0 aromatic heterocycles. The minimum atomic E-state index is -0.382. The summed E-state index contributed by atoms with van der Waals surface area (Å²) in [5.41, 5.74) is 3.35. The van der Waals surface area contributed by atoms with Gasteiger partial charge in [-0.2, -0.15) is 5.10 Å². The Morgan fingerprint density at radius 2 is 2.04 bits per heavy atom. The van der Waals surface area contributed by atoms with Crippen molar-refractivity contribution < 1.29 is 19.0 Å². The molecule has 0 heterocycles. The number of amides is 1. The van der Waals surface area contributed by atoms with Crippen LogP contribution in [0.4, 0.5) is 10.1 Å². The molecule has 2 aromatic carbocycles. The lowest BCUT2D eigenvalue weighted by Gasteiger charge is -2.05. The van der Waals surface area contributed by atoms with Crippen molar-refractivity contribution in [2.45, 2.75) is 0 Å². The lowest BCUT2D eigenvalue weighted by molar-refractivity contribution is -0.119. The number of hydrogen-bond donors (Lipinski definition) is 3. The Labute approximate surface area is 132 Å². The fourth-order valence-corrected chi connectivity index (χ4v) is 1.73. The normalized spacial score (nSPS) is 10.5. The Morgan fingerprint density at radius 1 is 1.30 bits per heavy atom. The lowest BCUT2D eigenvalue weighted by Crippen LogP contribution is -2.25. The van der Waals surface area contributed by atoms with E-state index in [9.17, 15) is 14.3 Å². The number of rotatable bonds is 6. The molecule has 2 rings (SSSR count). The number of methoxy groups -OCH3 is 1. The summed E-state index contributed by atoms with van der Waals surface area (Å²) in [4.78, 5) is 11.6. The number of carbonyl (C=O) groups is 1. The number of halogens is 1. The molecule has 0 radical (unpaired) electrons. The predicted molar refractivity (Wildman–Crippen MR) is 85.3 cm³/mol. The van der Waals surface area contributed by atoms with Gasteiger partial charge >= 0.3 is 0 Å². The molecule has 1 amide bonds. The van der Waals surface area contributed by atoms with Gasteiger partial charge in [0.2, 0.25) is 0 Å². The Kier molecular flexibility index (Phi) is 5.51. The predicted octanol–water partition coefficient (Wildman–Crippen LogP) is 2.10. The number of phenolic OH excluding ortho intramolecular Hbond substituents is 1. The van der Waals surface area contributed by atoms with Crippen molar-refractivity contribution in [1.29, 1.82) is 0 Å². The van der Waals surface area contributed by atoms with Gasteiger partial charge in [-0.25, -0.2) is 9.82 Å². The van der Waals surface area contributed by atoms with E-state index in [0.717, 1.165) is 0 Å². The largest absolute Gasteiger partial charge is 0.507 e. The molecule has 0 saturated carbocycles. The molecule has 0 unspecified atom stereocenters. The van der Waals surface area contributed by atoms with Crippen LogP contribution < -0.4 is 15.5 Å². The first-order valence-corrected chi connectivity index (χ1v) is 6.77. The highest BCUT2D eigenvalue weighted by atomic mass is 19.1. The van der Waals surface area contributed by atoms with Gasteiger partial charge in [0.25, 0.3) is 5.91 Å². The number of benzene rings is 2. The summed E-state index contributed by atoms with van der Waals surface area (Å²) in [6.07, 6.45) is 1.31. The lowest BCUT2D eigenvalue weighted by atomic mass is 10.2. The molecule has 0 fully saturated rings. The molecule has 0 bridgehead atoms. The molecule has 0 aliphatic rings. The van der Waals surface area contributed by atoms with E-state index >= 15 is 0 Å². The van der Waals surface area contributed by atoms with E-state index in [2.05, 4.69) is 15.8 Å². The molecule has 0 spiro atoms. The molecule has 0 aliphatic heterocycles. The van der Waals surface area contributed by atoms with Crippen LogP contribution in [-0.4, -0.2) is 30.9 Å². The third-order valence-corrected chi connectivity index (χ3v) is 2.92. The summed E-state index contributed by atoms with van der Waals surface area (Å²) in [6.45, 7) is -0.0208. The van der Waals surface area contributed by atoms with Crippen molar-refractivity contribution in [2.75, 3.05) is 19.0 Å². The maximum Gasteiger partial charge on any atom is 0.259 e. The third-order valence-electron chi connectivity index (χ3n) is 2.92. The standard InChI is InChI=1S/C16H16FN3O3/c1-23-14-6-7-15(21)11(8-14)9-19-20-16(22)10-18-13-4-2-12(17)3-5-13/h2-9,18,21H,10H2,1H3,(H,20,22)/b19-9+. The summed E-state index contributed by atoms with van der Waals surface area (Å²) in [6, 6.07) is 10.3. The summed E-state index contributed by atoms with van der Waals surface area (Å²) in [7, 11) is 1.51. The van der Waals surface area contributed by atoms with Crippen LogP contribution in [0.2, 0.25) is 0 Å². The van der Waals surface area contributed by atoms with Crippen LogP contribution in [0.1, 0.15) is 5.56 Å². The summed E-state index contributed by atoms with van der Waals surface area (Å²) >= 11 is 0. The van der Waals surface area contributed by atoms with Gasteiger partial charge in [-0.1, -0.05) is 0 Å². The molecule has 7 heteroatoms. The minimum absolute atomic E-state index is 0.0208. The molecule has 0 saturated heterocycles. The monoisotopic (exact) mass is 317 g/mol. The fraction of sp³-hybridized carbons (Fsp3) is 0.125. The van der Waals surface area contributed by atoms with Crippen LogP contribution >= 0.6 is 0 Å². The number of phenols is 1. The first-order chi connectivity index (χ1) is 11.1. The van der Waals surface area contributed by atoms with Gasteiger partial charge in [0, 0.05) is 11.3 Å². The second-order valence-corrected chi connectivity index (χ2v) is 4.58. The fourth-order valence-electron chi connectivity index (χ4n) is 1.73. The average Bonchev–Trinajstić information content (AvgIpc) is 2.56. The van der Waals surface area contributed by atoms with Crippen LogP contribution in [0, 0.1) is 5.82 Å². The van der Waals surface area contributed by atoms with Crippen molar-refractivity contribution in [3.05, 3.63) is 53.8 Å². The number of hydrogen-bond acceptors (Lipinski definition) is 5. The zero-order valence-corrected chi connectivity index (χ0v) is 12.4. The van der Waals surface area contributed by atoms with Gasteiger partial charge in [-0.05, 0) is 42.5 Å². The van der Waals surface area contributed by atoms with E-state index in [1.807, 2.05) is 0 Å². The second-order valence-electron chi connectivity index (χ2n) is 4.58. The first kappa shape index (κ1) is 16.3. The van der Waals surface area contributed by atoms with Gasteiger partial charge in [0.15, 0.2) is 0 Å². The Bertz CT molecular complexity index is 702. The number of carbonyl (C=O) groups excluding carboxylic acids is 1. The molecule has 0 aliphatic carbocycles. The highest BCUT2D eigenvalue weighted by molar-refractivity contribution is 5.86. The van der Waals surface area contributed by atoms with Crippen molar-refractivity contribution in [2.24, 2.45) is 5.10 Å². The molecule has 3 N–H and O–H groups in total. The summed E-state index contributed by atoms with van der Waals surface area (Å²) < 4.78 is 17.8. The second kappa shape index (κ2) is 7.79. The first-order valence-electron chi connectivity index (χ1n) is 6.77. The van der Waals surface area contributed by atoms with Gasteiger partial charge < -0.3 is 15.2 Å². The minimum Gasteiger partial charge on any atom is -0.507 e. The highest BCUT2D eigenvalue weighted by Crippen LogP contribution is 2.20. The Balaban J connectivity index is 1.85. The van der Waals surface area contributed by atoms with Crippen molar-refractivity contribution in [1.82, 2.24) is 5.43 Å². The maximum absolute atomic E-state index is 12.7. The van der Waals surface area contributed by atoms with Crippen LogP contribution in [-0.2, 0) is 4.79 Å². The Morgan fingerprint density at radius 3 is 2.74 bits per heavy atom. The van der Waals surface area contributed by atoms with E-state index in [-0.39, 0.29) is 24.0 Å². The number of ether oxygens (including phenoxy) is 1. The SMILES string of the molecule is COc1ccc(O)c(/C=N/NC(=O)CNc2ccc(F)cc2)c1. The van der Waals surface area contributed by atoms with Gasteiger partial charge in [-0.3, -0.25) is 4.79 Å². The third kappa shape index (κ3) is 4.99. The number of anilines is 1. The van der Waals surface area contributed by atoms with Crippen molar-refractivity contribution in [3.8, 4) is 11.5 Å². The van der Waals surface area contributed by atoms with Crippen LogP contribution in [0.3, 0.4) is 0 Å². The number of nitrogens with zero attached hydrogens (tertiary/aromatic N) is 1. The molecular weight excluding hydrogens is 301 g/mol. The topological polar surface area (TPSA) is 83.0 Å². The molecule has 2 aromatic rings. The van der Waals surface area contributed by atoms with E-state index in [0.29, 0.717) is 17.0 Å². The molecule has 6 nitrogen and oxygen atoms in total. The average molecular weight is 317 g/mol. The smallest absolute Gasteiger partial charge is 0.259 e. The van der Waals surface area contributed by atoms with E-state index in [4.69, 9.17) is 4.74 Å². The molecule has 23 heavy (non-hydrogen) atoms. The zero-order chi connectivity index (χ0) is 16.7. The quantitative estimate of drug-likeness (QED) is 0.563. The van der Waals surface area contributed by atoms with Gasteiger partial charge in [0.05, 0.1) is 19.9 Å². The van der Waals surface area contributed by atoms with Crippen molar-refractivity contribution in [3.63, 3.8) is 0 Å². The van der Waals surface area contributed by atoms with Crippen molar-refractivity contribution >= 4 is 17.8 Å². The number of aromatic hydroxyl groups is 1. The molecule has 0 atom stereocenters. The van der Waals surface area contributed by atoms with E-state index in [1.165, 1.54) is 43.7 Å². The van der Waals surface area contributed by atoms with Crippen LogP contribution in [0.5, 0.6) is 11.5 Å². The van der Waals surface area contributed by atoms with Crippen LogP contribution in [0.15, 0.2) is 47.6 Å². The number of nitrogens with one attached hydrogen (secondary N) is 2. The van der Waals surface area contributed by atoms with Gasteiger partial charge in [-0.15, -0.1) is 0 Å². The van der Waals surface area contributed by atoms with Crippen LogP contribution in [0.25, 0.3) is 0 Å².